The minimum atomic E-state index is -3.77. The highest BCUT2D eigenvalue weighted by Gasteiger charge is 2.24. The van der Waals surface area contributed by atoms with Crippen molar-refractivity contribution in [3.05, 3.63) is 70.0 Å². The number of thiazole rings is 1. The first-order valence-electron chi connectivity index (χ1n) is 10.4. The van der Waals surface area contributed by atoms with Gasteiger partial charge in [-0.2, -0.15) is 9.30 Å². The zero-order chi connectivity index (χ0) is 24.7. The fraction of sp³-hybridized carbons (Fsp3) is 0.304. The molecule has 182 valence electrons. The minimum Gasteiger partial charge on any atom is -0.383 e. The van der Waals surface area contributed by atoms with E-state index in [-0.39, 0.29) is 31.2 Å². The molecule has 1 amide bonds. The van der Waals surface area contributed by atoms with Gasteiger partial charge in [-0.05, 0) is 42.5 Å². The standard InChI is InChI=1S/C23H26BrN3O5S2/c1-4-11-27-20-10-7-18(24)16-21(20)33-23(27)25-22(28)17-5-8-19(9-6-17)34(29,30)26(12-14-31-2)13-15-32-3/h4-10,16H,1,11-15H2,2-3H3. The maximum atomic E-state index is 13.1. The molecule has 3 rings (SSSR count). The number of benzene rings is 2. The van der Waals surface area contributed by atoms with Gasteiger partial charge in [0.25, 0.3) is 5.91 Å². The van der Waals surface area contributed by atoms with Gasteiger partial charge in [0.2, 0.25) is 10.0 Å². The largest absolute Gasteiger partial charge is 0.383 e. The second-order valence-corrected chi connectivity index (χ2v) is 11.1. The Morgan fingerprint density at radius 3 is 2.38 bits per heavy atom. The predicted molar refractivity (Wildman–Crippen MR) is 137 cm³/mol. The number of hydrogen-bond donors (Lipinski definition) is 0. The summed E-state index contributed by atoms with van der Waals surface area (Å²) in [6.45, 7) is 5.21. The molecule has 11 heteroatoms. The minimum absolute atomic E-state index is 0.0877. The lowest BCUT2D eigenvalue weighted by Gasteiger charge is -2.21. The molecule has 34 heavy (non-hydrogen) atoms. The molecule has 0 N–H and O–H groups in total. The maximum absolute atomic E-state index is 13.1. The van der Waals surface area contributed by atoms with Crippen molar-refractivity contribution in [3.8, 4) is 0 Å². The van der Waals surface area contributed by atoms with Crippen molar-refractivity contribution >= 4 is 53.4 Å². The van der Waals surface area contributed by atoms with Crippen LogP contribution in [0.3, 0.4) is 0 Å². The molecule has 0 spiro atoms. The van der Waals surface area contributed by atoms with Crippen LogP contribution in [0.15, 0.2) is 69.5 Å². The molecule has 0 unspecified atom stereocenters. The lowest BCUT2D eigenvalue weighted by Crippen LogP contribution is -2.36. The van der Waals surface area contributed by atoms with E-state index in [9.17, 15) is 13.2 Å². The molecule has 0 aliphatic rings. The number of fused-ring (bicyclic) bond motifs is 1. The van der Waals surface area contributed by atoms with Gasteiger partial charge in [-0.3, -0.25) is 4.79 Å². The van der Waals surface area contributed by atoms with Gasteiger partial charge in [0.1, 0.15) is 0 Å². The smallest absolute Gasteiger partial charge is 0.279 e. The van der Waals surface area contributed by atoms with E-state index in [4.69, 9.17) is 9.47 Å². The van der Waals surface area contributed by atoms with Gasteiger partial charge in [-0.1, -0.05) is 33.3 Å². The van der Waals surface area contributed by atoms with Crippen LogP contribution in [0, 0.1) is 0 Å². The zero-order valence-corrected chi connectivity index (χ0v) is 22.2. The first-order valence-corrected chi connectivity index (χ1v) is 13.4. The van der Waals surface area contributed by atoms with Crippen LogP contribution in [-0.4, -0.2) is 63.7 Å². The second-order valence-electron chi connectivity index (χ2n) is 7.23. The van der Waals surface area contributed by atoms with Gasteiger partial charge >= 0.3 is 0 Å². The number of sulfonamides is 1. The SMILES string of the molecule is C=CCn1c(=NC(=O)c2ccc(S(=O)(=O)N(CCOC)CCOC)cc2)sc2cc(Br)ccc21. The normalized spacial score (nSPS) is 12.5. The number of hydrogen-bond acceptors (Lipinski definition) is 6. The molecule has 1 aromatic heterocycles. The fourth-order valence-electron chi connectivity index (χ4n) is 3.25. The summed E-state index contributed by atoms with van der Waals surface area (Å²) < 4.78 is 41.3. The van der Waals surface area contributed by atoms with Gasteiger partial charge in [-0.15, -0.1) is 6.58 Å². The molecular formula is C23H26BrN3O5S2. The van der Waals surface area contributed by atoms with Crippen molar-refractivity contribution in [2.24, 2.45) is 4.99 Å². The molecule has 1 heterocycles. The molecule has 3 aromatic rings. The molecule has 0 saturated carbocycles. The van der Waals surface area contributed by atoms with Crippen LogP contribution < -0.4 is 4.80 Å². The van der Waals surface area contributed by atoms with Gasteiger partial charge in [-0.25, -0.2) is 8.42 Å². The first kappa shape index (κ1) is 26.5. The molecule has 0 aliphatic heterocycles. The highest BCUT2D eigenvalue weighted by atomic mass is 79.9. The third-order valence-electron chi connectivity index (χ3n) is 4.98. The van der Waals surface area contributed by atoms with Crippen molar-refractivity contribution in [2.45, 2.75) is 11.4 Å². The van der Waals surface area contributed by atoms with Crippen LogP contribution in [0.2, 0.25) is 0 Å². The van der Waals surface area contributed by atoms with Gasteiger partial charge in [0.15, 0.2) is 4.80 Å². The summed E-state index contributed by atoms with van der Waals surface area (Å²) in [7, 11) is -0.742. The summed E-state index contributed by atoms with van der Waals surface area (Å²) in [5.74, 6) is -0.456. The second kappa shape index (κ2) is 12.0. The van der Waals surface area contributed by atoms with Crippen LogP contribution in [0.5, 0.6) is 0 Å². The van der Waals surface area contributed by atoms with E-state index in [1.165, 1.54) is 54.1 Å². The Morgan fingerprint density at radius 2 is 1.79 bits per heavy atom. The average Bonchev–Trinajstić information content (AvgIpc) is 3.15. The monoisotopic (exact) mass is 567 g/mol. The van der Waals surface area contributed by atoms with E-state index >= 15 is 0 Å². The molecule has 0 bridgehead atoms. The highest BCUT2D eigenvalue weighted by molar-refractivity contribution is 9.10. The number of nitrogens with zero attached hydrogens (tertiary/aromatic N) is 3. The quantitative estimate of drug-likeness (QED) is 0.330. The van der Waals surface area contributed by atoms with E-state index in [0.717, 1.165) is 14.7 Å². The number of rotatable bonds is 11. The number of allylic oxidation sites excluding steroid dienone is 1. The summed E-state index contributed by atoms with van der Waals surface area (Å²) >= 11 is 4.87. The van der Waals surface area contributed by atoms with Crippen LogP contribution in [0.25, 0.3) is 10.2 Å². The molecular weight excluding hydrogens is 542 g/mol. The molecule has 0 atom stereocenters. The van der Waals surface area contributed by atoms with Crippen molar-refractivity contribution in [1.29, 1.82) is 0 Å². The predicted octanol–water partition coefficient (Wildman–Crippen LogP) is 3.68. The third kappa shape index (κ3) is 6.09. The van der Waals surface area contributed by atoms with E-state index in [0.29, 0.717) is 16.9 Å². The zero-order valence-electron chi connectivity index (χ0n) is 18.9. The van der Waals surface area contributed by atoms with Crippen LogP contribution in [0.4, 0.5) is 0 Å². The van der Waals surface area contributed by atoms with E-state index in [1.54, 1.807) is 6.08 Å². The number of carbonyl (C=O) groups excluding carboxylic acids is 1. The van der Waals surface area contributed by atoms with Crippen molar-refractivity contribution in [3.63, 3.8) is 0 Å². The van der Waals surface area contributed by atoms with E-state index < -0.39 is 15.9 Å². The van der Waals surface area contributed by atoms with Gasteiger partial charge in [0, 0.05) is 43.9 Å². The third-order valence-corrected chi connectivity index (χ3v) is 8.43. The Morgan fingerprint density at radius 1 is 1.15 bits per heavy atom. The van der Waals surface area contributed by atoms with Crippen LogP contribution >= 0.6 is 27.3 Å². The van der Waals surface area contributed by atoms with Crippen LogP contribution in [0.1, 0.15) is 10.4 Å². The summed E-state index contributed by atoms with van der Waals surface area (Å²) in [6, 6.07) is 11.7. The first-order chi connectivity index (χ1) is 16.3. The lowest BCUT2D eigenvalue weighted by molar-refractivity contribution is 0.0997. The van der Waals surface area contributed by atoms with Crippen molar-refractivity contribution in [1.82, 2.24) is 8.87 Å². The summed E-state index contributed by atoms with van der Waals surface area (Å²) in [4.78, 5) is 17.8. The number of amides is 1. The number of aromatic nitrogens is 1. The van der Waals surface area contributed by atoms with Gasteiger partial charge in [0.05, 0.1) is 28.3 Å². The topological polar surface area (TPSA) is 90.2 Å². The summed E-state index contributed by atoms with van der Waals surface area (Å²) in [6.07, 6.45) is 1.75. The molecule has 0 fully saturated rings. The highest BCUT2D eigenvalue weighted by Crippen LogP contribution is 2.22. The van der Waals surface area contributed by atoms with E-state index in [2.05, 4.69) is 27.5 Å². The average molecular weight is 569 g/mol. The molecule has 0 saturated heterocycles. The maximum Gasteiger partial charge on any atom is 0.279 e. The Kier molecular flexibility index (Phi) is 9.34. The van der Waals surface area contributed by atoms with Crippen molar-refractivity contribution in [2.75, 3.05) is 40.5 Å². The Balaban J connectivity index is 1.91. The molecule has 0 aliphatic carbocycles. The number of methoxy groups -OCH3 is 2. The van der Waals surface area contributed by atoms with Crippen molar-refractivity contribution < 1.29 is 22.7 Å². The fourth-order valence-corrected chi connectivity index (χ4v) is 6.24. The Bertz CT molecular complexity index is 1320. The van der Waals surface area contributed by atoms with Gasteiger partial charge < -0.3 is 14.0 Å². The Hall–Kier alpha value is -2.15. The molecule has 8 nitrogen and oxygen atoms in total. The molecule has 0 radical (unpaired) electrons. The number of halogens is 1. The number of carbonyl (C=O) groups is 1. The lowest BCUT2D eigenvalue weighted by atomic mass is 10.2. The van der Waals surface area contributed by atoms with Crippen LogP contribution in [-0.2, 0) is 26.0 Å². The Labute approximate surface area is 211 Å². The molecule has 2 aromatic carbocycles. The summed E-state index contributed by atoms with van der Waals surface area (Å²) in [5.41, 5.74) is 1.25. The van der Waals surface area contributed by atoms with E-state index in [1.807, 2.05) is 22.8 Å². The summed E-state index contributed by atoms with van der Waals surface area (Å²) in [5, 5.41) is 0. The number of ether oxygens (including phenoxy) is 2.